The van der Waals surface area contributed by atoms with E-state index in [-0.39, 0.29) is 12.1 Å². The van der Waals surface area contributed by atoms with Crippen LogP contribution in [0.4, 0.5) is 30.6 Å². The Morgan fingerprint density at radius 1 is 1.25 bits per heavy atom. The Kier molecular flexibility index (Phi) is 5.15. The second kappa shape index (κ2) is 7.59. The van der Waals surface area contributed by atoms with Gasteiger partial charge in [0.1, 0.15) is 17.8 Å². The van der Waals surface area contributed by atoms with Crippen LogP contribution in [0, 0.1) is 0 Å². The van der Waals surface area contributed by atoms with E-state index in [1.54, 1.807) is 13.2 Å². The number of rotatable bonds is 4. The third kappa shape index (κ3) is 3.53. The van der Waals surface area contributed by atoms with Crippen LogP contribution in [0.15, 0.2) is 30.0 Å². The summed E-state index contributed by atoms with van der Waals surface area (Å²) in [5.74, 6) is -0.769. The van der Waals surface area contributed by atoms with Gasteiger partial charge in [-0.3, -0.25) is 5.32 Å². The Morgan fingerprint density at radius 2 is 2.00 bits per heavy atom. The molecule has 3 unspecified atom stereocenters. The number of alkyl halides is 1. The van der Waals surface area contributed by atoms with Crippen LogP contribution in [0.3, 0.4) is 0 Å². The largest absolute Gasteiger partial charge is 0.393 e. The number of nitrogens with one attached hydrogen (secondary N) is 3. The van der Waals surface area contributed by atoms with Gasteiger partial charge in [0.15, 0.2) is 12.1 Å². The number of nitrogens with zero attached hydrogens (tertiary/aromatic N) is 3. The predicted octanol–water partition coefficient (Wildman–Crippen LogP) is 2.35. The first-order valence-electron chi connectivity index (χ1n) is 9.38. The minimum absolute atomic E-state index is 0.0234. The quantitative estimate of drug-likeness (QED) is 0.622. The van der Waals surface area contributed by atoms with E-state index in [1.807, 2.05) is 4.90 Å². The van der Waals surface area contributed by atoms with Crippen LogP contribution in [0.25, 0.3) is 0 Å². The lowest BCUT2D eigenvalue weighted by Crippen LogP contribution is -2.57. The second-order valence-electron chi connectivity index (χ2n) is 7.27. The Hall–Kier alpha value is -2.33. The molecule has 0 spiro atoms. The summed E-state index contributed by atoms with van der Waals surface area (Å²) in [5, 5.41) is 18.8. The van der Waals surface area contributed by atoms with Gasteiger partial charge in [0.25, 0.3) is 0 Å². The van der Waals surface area contributed by atoms with E-state index in [0.29, 0.717) is 36.4 Å². The lowest BCUT2D eigenvalue weighted by molar-refractivity contribution is 0.119. The molecule has 3 atom stereocenters. The van der Waals surface area contributed by atoms with Crippen molar-refractivity contribution in [3.05, 3.63) is 30.0 Å². The first-order chi connectivity index (χ1) is 13.5. The standard InChI is InChI=1S/C18H23F3N6O/c1-22-17-23-8-14-16(26-17)27(10-2-4-11(28)5-3-10)18(24-14)25-15-12(20)6-9(19)7-13(15)21/h6-8,10-12,15,18,24-25,28H,2-5H2,1H3,(H,22,23,26). The normalized spacial score (nSPS) is 32.3. The van der Waals surface area contributed by atoms with Crippen molar-refractivity contribution >= 4 is 17.5 Å². The average molecular weight is 396 g/mol. The summed E-state index contributed by atoms with van der Waals surface area (Å²) in [5.41, 5.74) is 0.639. The van der Waals surface area contributed by atoms with E-state index < -0.39 is 30.2 Å². The van der Waals surface area contributed by atoms with Crippen LogP contribution in [0.2, 0.25) is 0 Å². The zero-order chi connectivity index (χ0) is 19.8. The fourth-order valence-electron chi connectivity index (χ4n) is 3.98. The molecule has 0 amide bonds. The number of allylic oxidation sites excluding steroid dienone is 2. The highest BCUT2D eigenvalue weighted by Crippen LogP contribution is 2.38. The van der Waals surface area contributed by atoms with Gasteiger partial charge in [-0.15, -0.1) is 0 Å². The molecule has 2 aliphatic carbocycles. The second-order valence-corrected chi connectivity index (χ2v) is 7.27. The van der Waals surface area contributed by atoms with Crippen molar-refractivity contribution in [3.8, 4) is 0 Å². The van der Waals surface area contributed by atoms with Crippen molar-refractivity contribution < 1.29 is 18.3 Å². The van der Waals surface area contributed by atoms with Gasteiger partial charge in [-0.1, -0.05) is 0 Å². The van der Waals surface area contributed by atoms with Gasteiger partial charge in [0, 0.05) is 19.2 Å². The van der Waals surface area contributed by atoms with E-state index in [1.165, 1.54) is 0 Å². The summed E-state index contributed by atoms with van der Waals surface area (Å²) in [6.45, 7) is 0. The van der Waals surface area contributed by atoms with E-state index in [4.69, 9.17) is 0 Å². The number of hydrogen-bond donors (Lipinski definition) is 4. The molecule has 152 valence electrons. The van der Waals surface area contributed by atoms with E-state index in [0.717, 1.165) is 18.9 Å². The van der Waals surface area contributed by atoms with Gasteiger partial charge >= 0.3 is 0 Å². The van der Waals surface area contributed by atoms with Crippen molar-refractivity contribution in [2.24, 2.45) is 0 Å². The fourth-order valence-corrected chi connectivity index (χ4v) is 3.98. The lowest BCUT2D eigenvalue weighted by Gasteiger charge is -2.39. The summed E-state index contributed by atoms with van der Waals surface area (Å²) < 4.78 is 41.8. The number of fused-ring (bicyclic) bond motifs is 1. The SMILES string of the molecule is CNc1ncc2c(n1)N(C1CCC(O)CC1)C(NC1C(F)=CC(F)=CC1F)N2. The topological polar surface area (TPSA) is 85.3 Å². The molecule has 0 bridgehead atoms. The molecular weight excluding hydrogens is 373 g/mol. The lowest BCUT2D eigenvalue weighted by atomic mass is 9.92. The van der Waals surface area contributed by atoms with Crippen LogP contribution in [-0.4, -0.2) is 52.8 Å². The van der Waals surface area contributed by atoms with Crippen molar-refractivity contribution in [1.29, 1.82) is 0 Å². The molecule has 4 N–H and O–H groups in total. The summed E-state index contributed by atoms with van der Waals surface area (Å²) in [6.07, 6.45) is 2.97. The number of anilines is 3. The highest BCUT2D eigenvalue weighted by molar-refractivity contribution is 5.73. The minimum Gasteiger partial charge on any atom is -0.393 e. The molecular formula is C18H23F3N6O. The third-order valence-electron chi connectivity index (χ3n) is 5.41. The number of aliphatic hydroxyl groups excluding tert-OH is 1. The van der Waals surface area contributed by atoms with Crippen LogP contribution in [0.5, 0.6) is 0 Å². The zero-order valence-corrected chi connectivity index (χ0v) is 15.4. The van der Waals surface area contributed by atoms with Crippen LogP contribution in [-0.2, 0) is 0 Å². The Balaban J connectivity index is 1.61. The third-order valence-corrected chi connectivity index (χ3v) is 5.41. The van der Waals surface area contributed by atoms with E-state index >= 15 is 0 Å². The molecule has 4 rings (SSSR count). The van der Waals surface area contributed by atoms with E-state index in [2.05, 4.69) is 25.9 Å². The maximum Gasteiger partial charge on any atom is 0.224 e. The van der Waals surface area contributed by atoms with Gasteiger partial charge in [-0.2, -0.15) is 4.98 Å². The van der Waals surface area contributed by atoms with E-state index in [9.17, 15) is 18.3 Å². The highest BCUT2D eigenvalue weighted by Gasteiger charge is 2.40. The highest BCUT2D eigenvalue weighted by atomic mass is 19.2. The summed E-state index contributed by atoms with van der Waals surface area (Å²) in [6, 6.07) is -1.28. The van der Waals surface area contributed by atoms with Gasteiger partial charge in [0.05, 0.1) is 24.0 Å². The minimum atomic E-state index is -1.83. The van der Waals surface area contributed by atoms with Crippen LogP contribution >= 0.6 is 0 Å². The summed E-state index contributed by atoms with van der Waals surface area (Å²) >= 11 is 0. The van der Waals surface area contributed by atoms with Crippen molar-refractivity contribution in [3.63, 3.8) is 0 Å². The Labute approximate surface area is 160 Å². The monoisotopic (exact) mass is 396 g/mol. The maximum absolute atomic E-state index is 14.3. The number of aliphatic hydroxyl groups is 1. The molecule has 1 saturated carbocycles. The smallest absolute Gasteiger partial charge is 0.224 e. The van der Waals surface area contributed by atoms with Gasteiger partial charge in [0.2, 0.25) is 5.95 Å². The van der Waals surface area contributed by atoms with Gasteiger partial charge < -0.3 is 20.6 Å². The molecule has 1 aromatic rings. The fraction of sp³-hybridized carbons (Fsp3) is 0.556. The average Bonchev–Trinajstić information content (AvgIpc) is 3.02. The molecule has 0 radical (unpaired) electrons. The summed E-state index contributed by atoms with van der Waals surface area (Å²) in [4.78, 5) is 10.6. The maximum atomic E-state index is 14.3. The molecule has 1 aliphatic heterocycles. The van der Waals surface area contributed by atoms with Crippen LogP contribution < -0.4 is 20.9 Å². The predicted molar refractivity (Wildman–Crippen MR) is 99.9 cm³/mol. The molecule has 10 heteroatoms. The van der Waals surface area contributed by atoms with Gasteiger partial charge in [-0.05, 0) is 31.8 Å². The Morgan fingerprint density at radius 3 is 2.68 bits per heavy atom. The van der Waals surface area contributed by atoms with Crippen molar-refractivity contribution in [1.82, 2.24) is 15.3 Å². The molecule has 7 nitrogen and oxygen atoms in total. The molecule has 0 aromatic carbocycles. The molecule has 3 aliphatic rings. The zero-order valence-electron chi connectivity index (χ0n) is 15.4. The molecule has 2 heterocycles. The number of halogens is 3. The molecule has 1 aromatic heterocycles. The van der Waals surface area contributed by atoms with Crippen molar-refractivity contribution in [2.75, 3.05) is 22.6 Å². The molecule has 28 heavy (non-hydrogen) atoms. The molecule has 0 saturated heterocycles. The Bertz CT molecular complexity index is 796. The van der Waals surface area contributed by atoms with Gasteiger partial charge in [-0.25, -0.2) is 18.2 Å². The first kappa shape index (κ1) is 19.0. The molecule has 1 fully saturated rings. The number of aromatic nitrogens is 2. The van der Waals surface area contributed by atoms with Crippen LogP contribution in [0.1, 0.15) is 25.7 Å². The first-order valence-corrected chi connectivity index (χ1v) is 9.38. The summed E-state index contributed by atoms with van der Waals surface area (Å²) in [7, 11) is 1.71. The number of hydrogen-bond acceptors (Lipinski definition) is 7. The van der Waals surface area contributed by atoms with Crippen molar-refractivity contribution in [2.45, 2.75) is 56.3 Å².